The Morgan fingerprint density at radius 2 is 2.05 bits per heavy atom. The highest BCUT2D eigenvalue weighted by Crippen LogP contribution is 2.24. The van der Waals surface area contributed by atoms with Crippen molar-refractivity contribution >= 4 is 42.0 Å². The van der Waals surface area contributed by atoms with Crippen molar-refractivity contribution in [3.05, 3.63) is 40.1 Å². The van der Waals surface area contributed by atoms with Crippen LogP contribution in [0.25, 0.3) is 0 Å². The van der Waals surface area contributed by atoms with Gasteiger partial charge in [-0.1, -0.05) is 18.2 Å². The van der Waals surface area contributed by atoms with Gasteiger partial charge >= 0.3 is 5.97 Å². The number of benzene rings is 1. The second-order valence-corrected chi connectivity index (χ2v) is 5.44. The molecule has 0 saturated carbocycles. The molecular weight excluding hydrogens is 308 g/mol. The predicted molar refractivity (Wildman–Crippen MR) is 85.8 cm³/mol. The van der Waals surface area contributed by atoms with E-state index in [2.05, 4.69) is 17.9 Å². The molecule has 0 radical (unpaired) electrons. The van der Waals surface area contributed by atoms with Gasteiger partial charge in [-0.2, -0.15) is 5.26 Å². The Hall–Kier alpha value is -1.91. The first-order chi connectivity index (χ1) is 10.1. The van der Waals surface area contributed by atoms with Crippen molar-refractivity contribution in [3.63, 3.8) is 0 Å². The highest BCUT2D eigenvalue weighted by atomic mass is 32.2. The summed E-state index contributed by atoms with van der Waals surface area (Å²) >= 11 is 5.09. The number of carbonyl (C=O) groups excluding carboxylic acids is 2. The Labute approximate surface area is 132 Å². The summed E-state index contributed by atoms with van der Waals surface area (Å²) in [4.78, 5) is 23.2. The fourth-order valence-corrected chi connectivity index (χ4v) is 2.28. The van der Waals surface area contributed by atoms with E-state index in [0.29, 0.717) is 5.69 Å². The van der Waals surface area contributed by atoms with E-state index in [9.17, 15) is 9.59 Å². The van der Waals surface area contributed by atoms with Crippen LogP contribution < -0.4 is 5.32 Å². The topological polar surface area (TPSA) is 79.2 Å². The summed E-state index contributed by atoms with van der Waals surface area (Å²) in [5.74, 6) is -0.990. The van der Waals surface area contributed by atoms with Gasteiger partial charge in [0.25, 0.3) is 5.91 Å². The summed E-state index contributed by atoms with van der Waals surface area (Å²) in [6.07, 6.45) is 0. The largest absolute Gasteiger partial charge is 0.465 e. The van der Waals surface area contributed by atoms with Gasteiger partial charge in [0.1, 0.15) is 11.6 Å². The molecule has 0 heterocycles. The molecule has 110 valence electrons. The van der Waals surface area contributed by atoms with Crippen LogP contribution in [0.3, 0.4) is 0 Å². The van der Waals surface area contributed by atoms with Crippen molar-refractivity contribution in [1.29, 1.82) is 5.26 Å². The maximum atomic E-state index is 12.0. The van der Waals surface area contributed by atoms with Crippen molar-refractivity contribution in [1.82, 2.24) is 0 Å². The minimum Gasteiger partial charge on any atom is -0.465 e. The third-order valence-electron chi connectivity index (χ3n) is 2.22. The lowest BCUT2D eigenvalue weighted by molar-refractivity contribution is -0.139. The number of carbonyl (C=O) groups is 2. The van der Waals surface area contributed by atoms with Crippen LogP contribution in [-0.4, -0.2) is 24.2 Å². The molecule has 0 aliphatic heterocycles. The number of hydrogen-bond acceptors (Lipinski definition) is 6. The molecule has 21 heavy (non-hydrogen) atoms. The summed E-state index contributed by atoms with van der Waals surface area (Å²) in [5.41, 5.74) is 0.434. The lowest BCUT2D eigenvalue weighted by Gasteiger charge is -2.06. The number of thiol groups is 1. The maximum Gasteiger partial charge on any atom is 0.316 e. The molecule has 1 amide bonds. The first kappa shape index (κ1) is 17.1. The van der Waals surface area contributed by atoms with E-state index in [-0.39, 0.29) is 22.2 Å². The van der Waals surface area contributed by atoms with Crippen molar-refractivity contribution in [2.45, 2.75) is 6.92 Å². The normalized spacial score (nSPS) is 11.1. The number of nitrogens with one attached hydrogen (secondary N) is 1. The molecule has 0 saturated heterocycles. The molecule has 0 spiro atoms. The number of nitrogens with zero attached hydrogens (tertiary/aromatic N) is 1. The summed E-state index contributed by atoms with van der Waals surface area (Å²) in [5, 5.41) is 11.7. The number of nitriles is 1. The molecule has 0 bridgehead atoms. The van der Waals surface area contributed by atoms with E-state index in [0.717, 1.165) is 11.8 Å². The second kappa shape index (κ2) is 9.10. The van der Waals surface area contributed by atoms with Crippen LogP contribution >= 0.6 is 24.4 Å². The zero-order valence-electron chi connectivity index (χ0n) is 11.3. The van der Waals surface area contributed by atoms with Gasteiger partial charge in [0, 0.05) is 5.69 Å². The van der Waals surface area contributed by atoms with Crippen LogP contribution in [0.1, 0.15) is 6.92 Å². The monoisotopic (exact) mass is 322 g/mol. The van der Waals surface area contributed by atoms with Gasteiger partial charge in [-0.05, 0) is 19.1 Å². The Balaban J connectivity index is 2.71. The van der Waals surface area contributed by atoms with E-state index in [4.69, 9.17) is 10.00 Å². The van der Waals surface area contributed by atoms with Crippen molar-refractivity contribution in [2.24, 2.45) is 0 Å². The molecule has 0 aromatic heterocycles. The molecule has 1 aromatic rings. The molecule has 1 aromatic carbocycles. The number of ether oxygens (including phenoxy) is 1. The minimum atomic E-state index is -0.565. The molecule has 7 heteroatoms. The minimum absolute atomic E-state index is 0.00350. The highest BCUT2D eigenvalue weighted by Gasteiger charge is 2.15. The molecule has 1 rings (SSSR count). The van der Waals surface area contributed by atoms with Gasteiger partial charge in [-0.25, -0.2) is 0 Å². The smallest absolute Gasteiger partial charge is 0.316 e. The predicted octanol–water partition coefficient (Wildman–Crippen LogP) is 2.59. The number of para-hydroxylation sites is 1. The quantitative estimate of drug-likeness (QED) is 0.364. The van der Waals surface area contributed by atoms with Crippen LogP contribution in [-0.2, 0) is 14.3 Å². The fraction of sp³-hybridized carbons (Fsp3) is 0.214. The molecule has 0 atom stereocenters. The number of thioether (sulfide) groups is 1. The molecule has 1 N–H and O–H groups in total. The standard InChI is InChI=1S/C14H14N2O3S2/c1-2-19-12(17)9-21-14(20)11(8-15)13(18)16-10-6-4-3-5-7-10/h3-7,20H,2,9H2,1H3,(H,16,18)/b14-11+. The van der Waals surface area contributed by atoms with Gasteiger partial charge in [-0.15, -0.1) is 24.4 Å². The van der Waals surface area contributed by atoms with Crippen LogP contribution in [0, 0.1) is 11.3 Å². The zero-order valence-corrected chi connectivity index (χ0v) is 13.0. The maximum absolute atomic E-state index is 12.0. The number of anilines is 1. The van der Waals surface area contributed by atoms with E-state index >= 15 is 0 Å². The average Bonchev–Trinajstić information content (AvgIpc) is 2.47. The molecule has 0 fully saturated rings. The Bertz CT molecular complexity index is 580. The number of amides is 1. The number of rotatable bonds is 6. The summed E-state index contributed by atoms with van der Waals surface area (Å²) < 4.78 is 4.94. The van der Waals surface area contributed by atoms with E-state index < -0.39 is 11.9 Å². The van der Waals surface area contributed by atoms with Crippen molar-refractivity contribution in [2.75, 3.05) is 17.7 Å². The first-order valence-corrected chi connectivity index (χ1v) is 7.50. The third-order valence-corrected chi connectivity index (χ3v) is 3.68. The zero-order chi connectivity index (χ0) is 15.7. The Kier molecular flexibility index (Phi) is 7.43. The molecule has 0 aliphatic rings. The van der Waals surface area contributed by atoms with Crippen LogP contribution in [0.2, 0.25) is 0 Å². The molecule has 5 nitrogen and oxygen atoms in total. The van der Waals surface area contributed by atoms with E-state index in [1.807, 2.05) is 6.07 Å². The van der Waals surface area contributed by atoms with Gasteiger partial charge in [0.2, 0.25) is 0 Å². The number of esters is 1. The summed E-state index contributed by atoms with van der Waals surface area (Å²) in [7, 11) is 0. The van der Waals surface area contributed by atoms with Crippen LogP contribution in [0.15, 0.2) is 40.1 Å². The molecule has 0 aliphatic carbocycles. The highest BCUT2D eigenvalue weighted by molar-refractivity contribution is 8.16. The van der Waals surface area contributed by atoms with E-state index in [1.54, 1.807) is 37.3 Å². The van der Waals surface area contributed by atoms with Gasteiger partial charge < -0.3 is 10.1 Å². The van der Waals surface area contributed by atoms with Crippen molar-refractivity contribution < 1.29 is 14.3 Å². The second-order valence-electron chi connectivity index (χ2n) is 3.71. The Morgan fingerprint density at radius 1 is 1.38 bits per heavy atom. The molecule has 0 unspecified atom stereocenters. The number of hydrogen-bond donors (Lipinski definition) is 2. The SMILES string of the molecule is CCOC(=O)CS/C(S)=C(\C#N)C(=O)Nc1ccccc1. The van der Waals surface area contributed by atoms with Gasteiger partial charge in [0.05, 0.1) is 16.6 Å². The van der Waals surface area contributed by atoms with Crippen LogP contribution in [0.4, 0.5) is 5.69 Å². The lowest BCUT2D eigenvalue weighted by Crippen LogP contribution is -2.14. The first-order valence-electron chi connectivity index (χ1n) is 6.06. The van der Waals surface area contributed by atoms with Crippen molar-refractivity contribution in [3.8, 4) is 6.07 Å². The summed E-state index contributed by atoms with van der Waals surface area (Å²) in [6.45, 7) is 1.98. The lowest BCUT2D eigenvalue weighted by atomic mass is 10.3. The Morgan fingerprint density at radius 3 is 2.62 bits per heavy atom. The molecular formula is C14H14N2O3S2. The fourth-order valence-electron chi connectivity index (χ4n) is 1.31. The van der Waals surface area contributed by atoms with Crippen LogP contribution in [0.5, 0.6) is 0 Å². The third kappa shape index (κ3) is 5.94. The summed E-state index contributed by atoms with van der Waals surface area (Å²) in [6, 6.07) is 10.6. The van der Waals surface area contributed by atoms with E-state index in [1.165, 1.54) is 0 Å². The van der Waals surface area contributed by atoms with Gasteiger partial charge in [-0.3, -0.25) is 9.59 Å². The van der Waals surface area contributed by atoms with Gasteiger partial charge in [0.15, 0.2) is 0 Å². The average molecular weight is 322 g/mol.